The van der Waals surface area contributed by atoms with Crippen molar-refractivity contribution < 1.29 is 9.53 Å². The maximum atomic E-state index is 13.0. The predicted molar refractivity (Wildman–Crippen MR) is 123 cm³/mol. The zero-order valence-corrected chi connectivity index (χ0v) is 17.8. The second-order valence-electron chi connectivity index (χ2n) is 7.39. The van der Waals surface area contributed by atoms with Crippen molar-refractivity contribution in [2.75, 3.05) is 37.7 Å². The maximum Gasteiger partial charge on any atom is 0.255 e. The minimum Gasteiger partial charge on any atom is -0.378 e. The van der Waals surface area contributed by atoms with E-state index in [9.17, 15) is 4.79 Å². The molecule has 1 aromatic carbocycles. The Morgan fingerprint density at radius 1 is 1.13 bits per heavy atom. The van der Waals surface area contributed by atoms with E-state index in [2.05, 4.69) is 25.6 Å². The fourth-order valence-corrected chi connectivity index (χ4v) is 4.38. The van der Waals surface area contributed by atoms with Crippen molar-refractivity contribution in [3.63, 3.8) is 0 Å². The topological polar surface area (TPSA) is 83.1 Å². The SMILES string of the molecule is O=C(NCCc1nc2ccccc2[nH]1)c1ccc(-c2ccsc2)nc1N1CCOCC1. The molecule has 4 heterocycles. The largest absolute Gasteiger partial charge is 0.378 e. The Kier molecular flexibility index (Phi) is 5.64. The smallest absolute Gasteiger partial charge is 0.255 e. The van der Waals surface area contributed by atoms with Gasteiger partial charge in [0.05, 0.1) is 35.5 Å². The van der Waals surface area contributed by atoms with E-state index in [1.165, 1.54) is 0 Å². The lowest BCUT2D eigenvalue weighted by Gasteiger charge is -2.29. The summed E-state index contributed by atoms with van der Waals surface area (Å²) in [6.45, 7) is 3.21. The monoisotopic (exact) mass is 433 g/mol. The van der Waals surface area contributed by atoms with Gasteiger partial charge < -0.3 is 19.9 Å². The van der Waals surface area contributed by atoms with Crippen LogP contribution < -0.4 is 10.2 Å². The maximum absolute atomic E-state index is 13.0. The Hall–Kier alpha value is -3.23. The minimum absolute atomic E-state index is 0.123. The van der Waals surface area contributed by atoms with Crippen molar-refractivity contribution in [2.45, 2.75) is 6.42 Å². The molecular formula is C23H23N5O2S. The van der Waals surface area contributed by atoms with Crippen LogP contribution in [0.4, 0.5) is 5.82 Å². The van der Waals surface area contributed by atoms with Gasteiger partial charge in [-0.15, -0.1) is 0 Å². The second-order valence-corrected chi connectivity index (χ2v) is 8.17. The van der Waals surface area contributed by atoms with Gasteiger partial charge in [0, 0.05) is 37.0 Å². The molecule has 1 aliphatic rings. The number of amides is 1. The van der Waals surface area contributed by atoms with Gasteiger partial charge in [-0.1, -0.05) is 12.1 Å². The van der Waals surface area contributed by atoms with Crippen molar-refractivity contribution in [3.8, 4) is 11.3 Å². The molecular weight excluding hydrogens is 410 g/mol. The van der Waals surface area contributed by atoms with E-state index < -0.39 is 0 Å². The number of fused-ring (bicyclic) bond motifs is 1. The number of pyridine rings is 1. The summed E-state index contributed by atoms with van der Waals surface area (Å²) in [4.78, 5) is 27.9. The van der Waals surface area contributed by atoms with Crippen molar-refractivity contribution in [2.24, 2.45) is 0 Å². The summed E-state index contributed by atoms with van der Waals surface area (Å²) in [5, 5.41) is 7.13. The predicted octanol–water partition coefficient (Wildman–Crippen LogP) is 3.50. The average molecular weight is 434 g/mol. The number of hydrogen-bond donors (Lipinski definition) is 2. The van der Waals surface area contributed by atoms with Gasteiger partial charge in [-0.25, -0.2) is 9.97 Å². The highest BCUT2D eigenvalue weighted by Crippen LogP contribution is 2.26. The Bertz CT molecular complexity index is 1150. The van der Waals surface area contributed by atoms with Crippen LogP contribution in [-0.4, -0.2) is 53.7 Å². The molecule has 3 aromatic heterocycles. The van der Waals surface area contributed by atoms with Crippen LogP contribution in [0.1, 0.15) is 16.2 Å². The van der Waals surface area contributed by atoms with Crippen LogP contribution in [0.15, 0.2) is 53.2 Å². The fraction of sp³-hybridized carbons (Fsp3) is 0.261. The lowest BCUT2D eigenvalue weighted by atomic mass is 10.1. The standard InChI is InChI=1S/C23H23N5O2S/c29-23(24-9-7-21-25-19-3-1-2-4-20(19)26-21)17-5-6-18(16-8-14-31-15-16)27-22(17)28-10-12-30-13-11-28/h1-6,8,14-15H,7,9-13H2,(H,24,29)(H,25,26). The molecule has 8 heteroatoms. The summed E-state index contributed by atoms with van der Waals surface area (Å²) < 4.78 is 5.48. The second kappa shape index (κ2) is 8.87. The number of anilines is 1. The van der Waals surface area contributed by atoms with Gasteiger partial charge in [-0.2, -0.15) is 11.3 Å². The number of thiophene rings is 1. The van der Waals surface area contributed by atoms with E-state index in [4.69, 9.17) is 9.72 Å². The molecule has 31 heavy (non-hydrogen) atoms. The van der Waals surface area contributed by atoms with Crippen LogP contribution in [0.3, 0.4) is 0 Å². The van der Waals surface area contributed by atoms with E-state index in [0.717, 1.165) is 41.2 Å². The highest BCUT2D eigenvalue weighted by molar-refractivity contribution is 7.08. The Morgan fingerprint density at radius 3 is 2.81 bits per heavy atom. The van der Waals surface area contributed by atoms with E-state index >= 15 is 0 Å². The number of H-pyrrole nitrogens is 1. The molecule has 7 nitrogen and oxygen atoms in total. The number of carbonyl (C=O) groups excluding carboxylic acids is 1. The molecule has 0 atom stereocenters. The summed E-state index contributed by atoms with van der Waals surface area (Å²) in [5.41, 5.74) is 4.47. The number of para-hydroxylation sites is 2. The van der Waals surface area contributed by atoms with E-state index in [1.54, 1.807) is 11.3 Å². The first-order chi connectivity index (χ1) is 15.3. The number of carbonyl (C=O) groups is 1. The molecule has 5 rings (SSSR count). The van der Waals surface area contributed by atoms with Gasteiger partial charge in [0.15, 0.2) is 0 Å². The molecule has 0 bridgehead atoms. The lowest BCUT2D eigenvalue weighted by molar-refractivity contribution is 0.0952. The Labute approximate surface area is 184 Å². The normalized spacial score (nSPS) is 14.1. The van der Waals surface area contributed by atoms with Gasteiger partial charge in [-0.3, -0.25) is 4.79 Å². The summed E-state index contributed by atoms with van der Waals surface area (Å²) >= 11 is 1.63. The summed E-state index contributed by atoms with van der Waals surface area (Å²) in [7, 11) is 0. The Balaban J connectivity index is 1.33. The molecule has 158 valence electrons. The highest BCUT2D eigenvalue weighted by Gasteiger charge is 2.21. The number of imidazole rings is 1. The Morgan fingerprint density at radius 2 is 2.00 bits per heavy atom. The molecule has 0 radical (unpaired) electrons. The van der Waals surface area contributed by atoms with Gasteiger partial charge in [0.25, 0.3) is 5.91 Å². The molecule has 2 N–H and O–H groups in total. The number of hydrogen-bond acceptors (Lipinski definition) is 6. The first-order valence-corrected chi connectivity index (χ1v) is 11.3. The van der Waals surface area contributed by atoms with Gasteiger partial charge in [0.1, 0.15) is 11.6 Å². The molecule has 1 fully saturated rings. The van der Waals surface area contributed by atoms with Gasteiger partial charge in [0.2, 0.25) is 0 Å². The van der Waals surface area contributed by atoms with Crippen molar-refractivity contribution >= 4 is 34.1 Å². The molecule has 1 aliphatic heterocycles. The molecule has 4 aromatic rings. The van der Waals surface area contributed by atoms with Gasteiger partial charge >= 0.3 is 0 Å². The molecule has 1 saturated heterocycles. The van der Waals surface area contributed by atoms with E-state index in [1.807, 2.05) is 47.8 Å². The van der Waals surface area contributed by atoms with Gasteiger partial charge in [-0.05, 0) is 35.7 Å². The number of nitrogens with one attached hydrogen (secondary N) is 2. The third-order valence-corrected chi connectivity index (χ3v) is 6.02. The van der Waals surface area contributed by atoms with Crippen molar-refractivity contribution in [3.05, 3.63) is 64.6 Å². The molecule has 0 unspecified atom stereocenters. The van der Waals surface area contributed by atoms with Crippen LogP contribution in [0, 0.1) is 0 Å². The van der Waals surface area contributed by atoms with Crippen LogP contribution in [0.25, 0.3) is 22.3 Å². The number of nitrogens with zero attached hydrogens (tertiary/aromatic N) is 3. The molecule has 0 aliphatic carbocycles. The van der Waals surface area contributed by atoms with Crippen LogP contribution >= 0.6 is 11.3 Å². The average Bonchev–Trinajstić information content (AvgIpc) is 3.49. The van der Waals surface area contributed by atoms with Crippen LogP contribution in [-0.2, 0) is 11.2 Å². The quantitative estimate of drug-likeness (QED) is 0.486. The number of ether oxygens (including phenoxy) is 1. The molecule has 1 amide bonds. The number of rotatable bonds is 6. The number of aromatic amines is 1. The summed E-state index contributed by atoms with van der Waals surface area (Å²) in [5.74, 6) is 1.45. The minimum atomic E-state index is -0.123. The number of benzene rings is 1. The van der Waals surface area contributed by atoms with Crippen molar-refractivity contribution in [1.82, 2.24) is 20.3 Å². The number of morpholine rings is 1. The summed E-state index contributed by atoms with van der Waals surface area (Å²) in [6, 6.07) is 13.8. The van der Waals surface area contributed by atoms with Crippen molar-refractivity contribution in [1.29, 1.82) is 0 Å². The fourth-order valence-electron chi connectivity index (χ4n) is 3.73. The highest BCUT2D eigenvalue weighted by atomic mass is 32.1. The third kappa shape index (κ3) is 4.30. The first kappa shape index (κ1) is 19.7. The zero-order valence-electron chi connectivity index (χ0n) is 17.0. The van der Waals surface area contributed by atoms with Crippen LogP contribution in [0.5, 0.6) is 0 Å². The van der Waals surface area contributed by atoms with E-state index in [0.29, 0.717) is 37.6 Å². The lowest BCUT2D eigenvalue weighted by Crippen LogP contribution is -2.38. The molecule has 0 spiro atoms. The number of aromatic nitrogens is 3. The zero-order chi connectivity index (χ0) is 21.0. The van der Waals surface area contributed by atoms with E-state index in [-0.39, 0.29) is 5.91 Å². The van der Waals surface area contributed by atoms with Crippen LogP contribution in [0.2, 0.25) is 0 Å². The summed E-state index contributed by atoms with van der Waals surface area (Å²) in [6.07, 6.45) is 0.633. The third-order valence-electron chi connectivity index (χ3n) is 5.33. The molecule has 0 saturated carbocycles. The first-order valence-electron chi connectivity index (χ1n) is 10.4.